The predicted octanol–water partition coefficient (Wildman–Crippen LogP) is 1.43. The smallest absolute Gasteiger partial charge is 0.335 e. The van der Waals surface area contributed by atoms with Gasteiger partial charge in [0.1, 0.15) is 0 Å². The molecule has 0 spiro atoms. The number of hydrogen-bond donors (Lipinski definition) is 1. The lowest BCUT2D eigenvalue weighted by atomic mass is 10.1. The third-order valence-electron chi connectivity index (χ3n) is 1.75. The molecule has 0 radical (unpaired) electrons. The fraction of sp³-hybridized carbons (Fsp3) is 0. The second-order valence-electron chi connectivity index (χ2n) is 2.64. The number of hydrogen-bond acceptors (Lipinski definition) is 4. The maximum absolute atomic E-state index is 10.5. The molecule has 70 valence electrons. The van der Waals surface area contributed by atoms with Crippen molar-refractivity contribution < 1.29 is 14.4 Å². The van der Waals surface area contributed by atoms with Crippen LogP contribution < -0.4 is 0 Å². The Bertz CT molecular complexity index is 434. The van der Waals surface area contributed by atoms with Crippen LogP contribution in [0.5, 0.6) is 0 Å². The SMILES string of the molecule is O=C(O)c1ccc(-c2ncon2)cc1. The number of benzene rings is 1. The minimum Gasteiger partial charge on any atom is -0.478 e. The molecule has 0 fully saturated rings. The number of aromatic carboxylic acids is 1. The summed E-state index contributed by atoms with van der Waals surface area (Å²) in [5, 5.41) is 12.3. The van der Waals surface area contributed by atoms with Crippen molar-refractivity contribution >= 4 is 5.97 Å². The van der Waals surface area contributed by atoms with E-state index in [0.717, 1.165) is 5.56 Å². The molecule has 0 saturated carbocycles. The van der Waals surface area contributed by atoms with E-state index < -0.39 is 5.97 Å². The molecule has 14 heavy (non-hydrogen) atoms. The summed E-state index contributed by atoms with van der Waals surface area (Å²) in [6, 6.07) is 6.25. The first-order valence-corrected chi connectivity index (χ1v) is 3.87. The average molecular weight is 190 g/mol. The number of carboxylic acid groups (broad SMARTS) is 1. The van der Waals surface area contributed by atoms with Crippen molar-refractivity contribution in [1.29, 1.82) is 0 Å². The topological polar surface area (TPSA) is 76.2 Å². The zero-order valence-corrected chi connectivity index (χ0v) is 7.04. The molecule has 0 aliphatic carbocycles. The highest BCUT2D eigenvalue weighted by Crippen LogP contribution is 2.14. The Morgan fingerprint density at radius 1 is 1.29 bits per heavy atom. The zero-order valence-electron chi connectivity index (χ0n) is 7.04. The number of nitrogens with zero attached hydrogens (tertiary/aromatic N) is 2. The van der Waals surface area contributed by atoms with Gasteiger partial charge in [0.2, 0.25) is 12.2 Å². The van der Waals surface area contributed by atoms with E-state index in [0.29, 0.717) is 5.82 Å². The van der Waals surface area contributed by atoms with Gasteiger partial charge in [-0.25, -0.2) is 4.79 Å². The standard InChI is InChI=1S/C9H6N2O3/c12-9(13)7-3-1-6(2-4-7)8-10-5-14-11-8/h1-5H,(H,12,13). The maximum atomic E-state index is 10.5. The molecule has 0 aliphatic heterocycles. The number of carbonyl (C=O) groups is 1. The molecular formula is C9H6N2O3. The first kappa shape index (κ1) is 8.43. The fourth-order valence-electron chi connectivity index (χ4n) is 1.06. The minimum absolute atomic E-state index is 0.234. The summed E-state index contributed by atoms with van der Waals surface area (Å²) in [5.41, 5.74) is 0.959. The highest BCUT2D eigenvalue weighted by molar-refractivity contribution is 5.88. The van der Waals surface area contributed by atoms with Crippen LogP contribution in [0.4, 0.5) is 0 Å². The van der Waals surface area contributed by atoms with E-state index in [-0.39, 0.29) is 5.56 Å². The Balaban J connectivity index is 2.36. The van der Waals surface area contributed by atoms with Gasteiger partial charge in [0, 0.05) is 5.56 Å². The average Bonchev–Trinajstić information content (AvgIpc) is 2.71. The molecular weight excluding hydrogens is 184 g/mol. The van der Waals surface area contributed by atoms with Crippen LogP contribution in [-0.2, 0) is 0 Å². The Hall–Kier alpha value is -2.17. The minimum atomic E-state index is -0.954. The monoisotopic (exact) mass is 190 g/mol. The Labute approximate surface area is 79.0 Å². The van der Waals surface area contributed by atoms with Crippen molar-refractivity contribution in [3.63, 3.8) is 0 Å². The Morgan fingerprint density at radius 3 is 2.50 bits per heavy atom. The lowest BCUT2D eigenvalue weighted by molar-refractivity contribution is 0.0697. The number of rotatable bonds is 2. The van der Waals surface area contributed by atoms with Gasteiger partial charge in [-0.3, -0.25) is 0 Å². The van der Waals surface area contributed by atoms with Gasteiger partial charge in [-0.05, 0) is 12.1 Å². The van der Waals surface area contributed by atoms with Crippen LogP contribution in [0.15, 0.2) is 35.2 Å². The molecule has 0 saturated heterocycles. The largest absolute Gasteiger partial charge is 0.478 e. The van der Waals surface area contributed by atoms with Gasteiger partial charge in [-0.15, -0.1) is 0 Å². The first-order chi connectivity index (χ1) is 6.77. The molecule has 0 atom stereocenters. The third kappa shape index (κ3) is 1.47. The molecule has 1 heterocycles. The quantitative estimate of drug-likeness (QED) is 0.775. The van der Waals surface area contributed by atoms with Crippen molar-refractivity contribution in [3.8, 4) is 11.4 Å². The van der Waals surface area contributed by atoms with Crippen LogP contribution in [-0.4, -0.2) is 21.2 Å². The summed E-state index contributed by atoms with van der Waals surface area (Å²) < 4.78 is 4.57. The lowest BCUT2D eigenvalue weighted by Crippen LogP contribution is -1.95. The normalized spacial score (nSPS) is 10.0. The molecule has 5 nitrogen and oxygen atoms in total. The Morgan fingerprint density at radius 2 is 2.00 bits per heavy atom. The maximum Gasteiger partial charge on any atom is 0.335 e. The van der Waals surface area contributed by atoms with Crippen LogP contribution in [0.2, 0.25) is 0 Å². The van der Waals surface area contributed by atoms with Gasteiger partial charge >= 0.3 is 5.97 Å². The summed E-state index contributed by atoms with van der Waals surface area (Å²) in [6.45, 7) is 0. The summed E-state index contributed by atoms with van der Waals surface area (Å²) >= 11 is 0. The molecule has 2 rings (SSSR count). The van der Waals surface area contributed by atoms with Gasteiger partial charge in [-0.1, -0.05) is 17.3 Å². The van der Waals surface area contributed by atoms with Gasteiger partial charge in [0.25, 0.3) is 0 Å². The second-order valence-corrected chi connectivity index (χ2v) is 2.64. The fourth-order valence-corrected chi connectivity index (χ4v) is 1.06. The van der Waals surface area contributed by atoms with E-state index in [2.05, 4.69) is 14.7 Å². The van der Waals surface area contributed by atoms with Crippen molar-refractivity contribution in [2.75, 3.05) is 0 Å². The van der Waals surface area contributed by atoms with E-state index in [1.54, 1.807) is 12.1 Å². The van der Waals surface area contributed by atoms with Crippen molar-refractivity contribution in [1.82, 2.24) is 10.1 Å². The van der Waals surface area contributed by atoms with Gasteiger partial charge < -0.3 is 9.63 Å². The number of carboxylic acids is 1. The summed E-state index contributed by atoms with van der Waals surface area (Å²) in [7, 11) is 0. The molecule has 0 amide bonds. The van der Waals surface area contributed by atoms with Crippen LogP contribution in [0.25, 0.3) is 11.4 Å². The van der Waals surface area contributed by atoms with Gasteiger partial charge in [-0.2, -0.15) is 4.98 Å². The molecule has 0 bridgehead atoms. The van der Waals surface area contributed by atoms with E-state index in [1.807, 2.05) is 0 Å². The third-order valence-corrected chi connectivity index (χ3v) is 1.75. The van der Waals surface area contributed by atoms with E-state index in [9.17, 15) is 4.79 Å². The van der Waals surface area contributed by atoms with Crippen LogP contribution in [0.1, 0.15) is 10.4 Å². The van der Waals surface area contributed by atoms with Gasteiger partial charge in [0.15, 0.2) is 0 Å². The van der Waals surface area contributed by atoms with Crippen LogP contribution in [0, 0.1) is 0 Å². The highest BCUT2D eigenvalue weighted by atomic mass is 16.5. The molecule has 1 aromatic carbocycles. The Kier molecular flexibility index (Phi) is 1.98. The molecule has 5 heteroatoms. The molecule has 1 N–H and O–H groups in total. The molecule has 0 unspecified atom stereocenters. The molecule has 1 aromatic heterocycles. The predicted molar refractivity (Wildman–Crippen MR) is 46.7 cm³/mol. The number of aromatic nitrogens is 2. The van der Waals surface area contributed by atoms with Gasteiger partial charge in [0.05, 0.1) is 5.56 Å². The van der Waals surface area contributed by atoms with E-state index in [1.165, 1.54) is 18.5 Å². The van der Waals surface area contributed by atoms with Crippen molar-refractivity contribution in [3.05, 3.63) is 36.2 Å². The summed E-state index contributed by atoms with van der Waals surface area (Å²) in [6.07, 6.45) is 1.22. The van der Waals surface area contributed by atoms with Crippen molar-refractivity contribution in [2.45, 2.75) is 0 Å². The van der Waals surface area contributed by atoms with Crippen molar-refractivity contribution in [2.24, 2.45) is 0 Å². The molecule has 0 aliphatic rings. The van der Waals surface area contributed by atoms with Crippen LogP contribution >= 0.6 is 0 Å². The summed E-state index contributed by atoms with van der Waals surface area (Å²) in [5.74, 6) is -0.508. The zero-order chi connectivity index (χ0) is 9.97. The van der Waals surface area contributed by atoms with E-state index in [4.69, 9.17) is 5.11 Å². The first-order valence-electron chi connectivity index (χ1n) is 3.87. The highest BCUT2D eigenvalue weighted by Gasteiger charge is 2.05. The van der Waals surface area contributed by atoms with E-state index >= 15 is 0 Å². The molecule has 2 aromatic rings. The second kappa shape index (κ2) is 3.29. The van der Waals surface area contributed by atoms with Crippen LogP contribution in [0.3, 0.4) is 0 Å². The lowest BCUT2D eigenvalue weighted by Gasteiger charge is -1.95. The summed E-state index contributed by atoms with van der Waals surface area (Å²) in [4.78, 5) is 14.4.